The third-order valence-electron chi connectivity index (χ3n) is 3.84. The van der Waals surface area contributed by atoms with E-state index < -0.39 is 0 Å². The summed E-state index contributed by atoms with van der Waals surface area (Å²) in [6.07, 6.45) is 6.32. The quantitative estimate of drug-likeness (QED) is 0.609. The van der Waals surface area contributed by atoms with Gasteiger partial charge in [0.05, 0.1) is 0 Å². The fourth-order valence-electron chi connectivity index (χ4n) is 2.72. The fraction of sp³-hybridized carbons (Fsp3) is 0.600. The van der Waals surface area contributed by atoms with Crippen LogP contribution in [0.3, 0.4) is 0 Å². The van der Waals surface area contributed by atoms with Gasteiger partial charge in [-0.2, -0.15) is 0 Å². The lowest BCUT2D eigenvalue weighted by Crippen LogP contribution is -2.32. The molecule has 0 amide bonds. The molecule has 0 aromatic heterocycles. The van der Waals surface area contributed by atoms with Gasteiger partial charge in [0.2, 0.25) is 0 Å². The number of anilines is 1. The number of hydrogen-bond acceptors (Lipinski definition) is 2. The first kappa shape index (κ1) is 12.3. The molecule has 0 radical (unpaired) electrons. The smallest absolute Gasteiger partial charge is 0.116 e. The molecule has 0 unspecified atom stereocenters. The van der Waals surface area contributed by atoms with E-state index in [1.165, 1.54) is 36.9 Å². The predicted molar refractivity (Wildman–Crippen MR) is 72.5 cm³/mol. The van der Waals surface area contributed by atoms with E-state index >= 15 is 0 Å². The number of phenols is 1. The third-order valence-corrected chi connectivity index (χ3v) is 3.84. The molecule has 2 N–H and O–H groups in total. The summed E-state index contributed by atoms with van der Waals surface area (Å²) in [5.74, 6) is 1.09. The number of aromatic hydroxyl groups is 1. The maximum Gasteiger partial charge on any atom is 0.116 e. The number of hydrogen-bond donors (Lipinski definition) is 2. The van der Waals surface area contributed by atoms with E-state index in [1.807, 2.05) is 12.1 Å². The SMILES string of the molecule is CCCCC[C@@H]1Cc2cc(O)ccc2N[C@@H]1C. The van der Waals surface area contributed by atoms with Crippen molar-refractivity contribution in [2.45, 2.75) is 52.0 Å². The summed E-state index contributed by atoms with van der Waals surface area (Å²) < 4.78 is 0. The molecule has 0 spiro atoms. The first-order chi connectivity index (χ1) is 8.20. The maximum atomic E-state index is 9.53. The van der Waals surface area contributed by atoms with E-state index in [4.69, 9.17) is 0 Å². The van der Waals surface area contributed by atoms with Crippen LogP contribution in [-0.2, 0) is 6.42 Å². The summed E-state index contributed by atoms with van der Waals surface area (Å²) in [5.41, 5.74) is 2.46. The standard InChI is InChI=1S/C15H23NO/c1-3-4-5-6-12-9-13-10-14(17)7-8-15(13)16-11(12)2/h7-8,10-12,16-17H,3-6,9H2,1-2H3/t11-,12-/m1/s1. The Hall–Kier alpha value is -1.18. The lowest BCUT2D eigenvalue weighted by atomic mass is 9.84. The zero-order valence-corrected chi connectivity index (χ0v) is 10.9. The Kier molecular flexibility index (Phi) is 3.93. The molecule has 1 aliphatic rings. The Morgan fingerprint density at radius 3 is 2.94 bits per heavy atom. The topological polar surface area (TPSA) is 32.3 Å². The number of unbranched alkanes of at least 4 members (excludes halogenated alkanes) is 2. The second kappa shape index (κ2) is 5.44. The van der Waals surface area contributed by atoms with Crippen molar-refractivity contribution in [1.29, 1.82) is 0 Å². The van der Waals surface area contributed by atoms with Crippen molar-refractivity contribution in [3.8, 4) is 5.75 Å². The number of nitrogens with one attached hydrogen (secondary N) is 1. The van der Waals surface area contributed by atoms with E-state index in [0.717, 1.165) is 6.42 Å². The molecule has 1 heterocycles. The molecule has 0 bridgehead atoms. The van der Waals surface area contributed by atoms with Crippen molar-refractivity contribution in [3.05, 3.63) is 23.8 Å². The van der Waals surface area contributed by atoms with Crippen LogP contribution in [-0.4, -0.2) is 11.1 Å². The number of benzene rings is 1. The second-order valence-electron chi connectivity index (χ2n) is 5.23. The average Bonchev–Trinajstić information content (AvgIpc) is 2.31. The molecule has 0 fully saturated rings. The monoisotopic (exact) mass is 233 g/mol. The Morgan fingerprint density at radius 2 is 2.18 bits per heavy atom. The third kappa shape index (κ3) is 2.93. The first-order valence-electron chi connectivity index (χ1n) is 6.79. The van der Waals surface area contributed by atoms with Gasteiger partial charge >= 0.3 is 0 Å². The summed E-state index contributed by atoms with van der Waals surface area (Å²) in [5, 5.41) is 13.1. The molecule has 0 saturated carbocycles. The normalized spacial score (nSPS) is 22.9. The highest BCUT2D eigenvalue weighted by Crippen LogP contribution is 2.33. The van der Waals surface area contributed by atoms with Gasteiger partial charge in [0.15, 0.2) is 0 Å². The van der Waals surface area contributed by atoms with Crippen molar-refractivity contribution in [3.63, 3.8) is 0 Å². The summed E-state index contributed by atoms with van der Waals surface area (Å²) >= 11 is 0. The van der Waals surface area contributed by atoms with Crippen LogP contribution in [0.5, 0.6) is 5.75 Å². The molecule has 2 heteroatoms. The Labute approximate surface area is 104 Å². The molecular formula is C15H23NO. The average molecular weight is 233 g/mol. The molecule has 1 aromatic rings. The van der Waals surface area contributed by atoms with Gasteiger partial charge in [-0.05, 0) is 49.4 Å². The summed E-state index contributed by atoms with van der Waals surface area (Å²) in [6, 6.07) is 6.20. The Balaban J connectivity index is 2.03. The highest BCUT2D eigenvalue weighted by atomic mass is 16.3. The Bertz CT molecular complexity index is 375. The van der Waals surface area contributed by atoms with Crippen LogP contribution in [0.4, 0.5) is 5.69 Å². The van der Waals surface area contributed by atoms with Crippen LogP contribution in [0.15, 0.2) is 18.2 Å². The second-order valence-corrected chi connectivity index (χ2v) is 5.23. The van der Waals surface area contributed by atoms with Crippen LogP contribution in [0.2, 0.25) is 0 Å². The van der Waals surface area contributed by atoms with Crippen LogP contribution in [0.1, 0.15) is 45.1 Å². The minimum Gasteiger partial charge on any atom is -0.508 e. The minimum atomic E-state index is 0.382. The van der Waals surface area contributed by atoms with Crippen LogP contribution < -0.4 is 5.32 Å². The number of fused-ring (bicyclic) bond motifs is 1. The molecule has 2 nitrogen and oxygen atoms in total. The zero-order valence-electron chi connectivity index (χ0n) is 10.9. The predicted octanol–water partition coefficient (Wildman–Crippen LogP) is 3.95. The molecule has 1 aromatic carbocycles. The first-order valence-corrected chi connectivity index (χ1v) is 6.79. The molecule has 17 heavy (non-hydrogen) atoms. The van der Waals surface area contributed by atoms with Crippen molar-refractivity contribution in [2.24, 2.45) is 5.92 Å². The van der Waals surface area contributed by atoms with Crippen LogP contribution in [0, 0.1) is 5.92 Å². The number of phenolic OH excluding ortho intramolecular Hbond substituents is 1. The molecule has 2 rings (SSSR count). The van der Waals surface area contributed by atoms with Gasteiger partial charge in [0.25, 0.3) is 0 Å². The van der Waals surface area contributed by atoms with Crippen LogP contribution >= 0.6 is 0 Å². The zero-order chi connectivity index (χ0) is 12.3. The van der Waals surface area contributed by atoms with E-state index in [-0.39, 0.29) is 0 Å². The molecule has 0 aliphatic carbocycles. The fourth-order valence-corrected chi connectivity index (χ4v) is 2.72. The van der Waals surface area contributed by atoms with Gasteiger partial charge in [0.1, 0.15) is 5.75 Å². The van der Waals surface area contributed by atoms with E-state index in [9.17, 15) is 5.11 Å². The summed E-state index contributed by atoms with van der Waals surface area (Å²) in [6.45, 7) is 4.52. The van der Waals surface area contributed by atoms with Crippen molar-refractivity contribution >= 4 is 5.69 Å². The van der Waals surface area contributed by atoms with E-state index in [1.54, 1.807) is 6.07 Å². The molecule has 1 aliphatic heterocycles. The lowest BCUT2D eigenvalue weighted by molar-refractivity contribution is 0.398. The van der Waals surface area contributed by atoms with Gasteiger partial charge < -0.3 is 10.4 Å². The van der Waals surface area contributed by atoms with E-state index in [0.29, 0.717) is 17.7 Å². The van der Waals surface area contributed by atoms with Crippen molar-refractivity contribution < 1.29 is 5.11 Å². The van der Waals surface area contributed by atoms with Gasteiger partial charge in [-0.25, -0.2) is 0 Å². The molecule has 0 saturated heterocycles. The number of rotatable bonds is 4. The van der Waals surface area contributed by atoms with Crippen molar-refractivity contribution in [2.75, 3.05) is 5.32 Å². The molecular weight excluding hydrogens is 210 g/mol. The largest absolute Gasteiger partial charge is 0.508 e. The molecule has 94 valence electrons. The van der Waals surface area contributed by atoms with Gasteiger partial charge in [-0.1, -0.05) is 26.2 Å². The van der Waals surface area contributed by atoms with Gasteiger partial charge in [0, 0.05) is 11.7 Å². The van der Waals surface area contributed by atoms with E-state index in [2.05, 4.69) is 19.2 Å². The van der Waals surface area contributed by atoms with Crippen LogP contribution in [0.25, 0.3) is 0 Å². The highest BCUT2D eigenvalue weighted by Gasteiger charge is 2.24. The van der Waals surface area contributed by atoms with Crippen molar-refractivity contribution in [1.82, 2.24) is 0 Å². The Morgan fingerprint density at radius 1 is 1.35 bits per heavy atom. The lowest BCUT2D eigenvalue weighted by Gasteiger charge is -2.32. The highest BCUT2D eigenvalue weighted by molar-refractivity contribution is 5.56. The molecule has 2 atom stereocenters. The maximum absolute atomic E-state index is 9.53. The summed E-state index contributed by atoms with van der Waals surface area (Å²) in [4.78, 5) is 0. The van der Waals surface area contributed by atoms with Gasteiger partial charge in [-0.3, -0.25) is 0 Å². The summed E-state index contributed by atoms with van der Waals surface area (Å²) in [7, 11) is 0. The van der Waals surface area contributed by atoms with Gasteiger partial charge in [-0.15, -0.1) is 0 Å². The minimum absolute atomic E-state index is 0.382.